The van der Waals surface area contributed by atoms with Crippen molar-refractivity contribution in [3.8, 4) is 0 Å². The Balaban J connectivity index is 1.75. The van der Waals surface area contributed by atoms with E-state index in [0.717, 1.165) is 18.2 Å². The molecule has 0 saturated carbocycles. The number of benzene rings is 1. The highest BCUT2D eigenvalue weighted by Gasteiger charge is 2.28. The van der Waals surface area contributed by atoms with Crippen molar-refractivity contribution >= 4 is 34.9 Å². The highest BCUT2D eigenvalue weighted by Crippen LogP contribution is 2.41. The molecule has 4 nitrogen and oxygen atoms in total. The predicted octanol–water partition coefficient (Wildman–Crippen LogP) is 2.66. The molecule has 22 heavy (non-hydrogen) atoms. The van der Waals surface area contributed by atoms with Crippen LogP contribution in [-0.2, 0) is 0 Å². The lowest BCUT2D eigenvalue weighted by Gasteiger charge is -2.32. The minimum absolute atomic E-state index is 0.0773. The fourth-order valence-electron chi connectivity index (χ4n) is 2.61. The summed E-state index contributed by atoms with van der Waals surface area (Å²) in [6.45, 7) is 1.57. The molecule has 0 spiro atoms. The van der Waals surface area contributed by atoms with Crippen molar-refractivity contribution in [2.24, 2.45) is 5.73 Å². The molecule has 1 aromatic carbocycles. The standard InChI is InChI=1S/C16H22N4S2/c1-20-12-18-13-5-4-6-14(15(13)20)21-11-16(22-10-8-17)7-2-3-9-19-16/h2-7,9,18-19H,8,10-12,17H2,1H3. The summed E-state index contributed by atoms with van der Waals surface area (Å²) in [4.78, 5) is 3.51. The Kier molecular flexibility index (Phi) is 4.90. The summed E-state index contributed by atoms with van der Waals surface area (Å²) in [6, 6.07) is 6.47. The molecule has 0 saturated heterocycles. The first-order valence-electron chi connectivity index (χ1n) is 7.41. The van der Waals surface area contributed by atoms with Gasteiger partial charge in [0, 0.05) is 30.0 Å². The van der Waals surface area contributed by atoms with Crippen LogP contribution in [-0.4, -0.2) is 36.6 Å². The lowest BCUT2D eigenvalue weighted by atomic mass is 10.2. The van der Waals surface area contributed by atoms with Crippen molar-refractivity contribution in [1.29, 1.82) is 0 Å². The van der Waals surface area contributed by atoms with Gasteiger partial charge in [-0.3, -0.25) is 0 Å². The van der Waals surface area contributed by atoms with E-state index in [9.17, 15) is 0 Å². The smallest absolute Gasteiger partial charge is 0.112 e. The maximum Gasteiger partial charge on any atom is 0.112 e. The Morgan fingerprint density at radius 2 is 2.27 bits per heavy atom. The Bertz CT molecular complexity index is 588. The zero-order valence-electron chi connectivity index (χ0n) is 12.7. The van der Waals surface area contributed by atoms with E-state index in [1.54, 1.807) is 0 Å². The van der Waals surface area contributed by atoms with Gasteiger partial charge in [0.1, 0.15) is 4.87 Å². The van der Waals surface area contributed by atoms with Crippen LogP contribution in [0, 0.1) is 0 Å². The number of fused-ring (bicyclic) bond motifs is 1. The molecule has 2 heterocycles. The summed E-state index contributed by atoms with van der Waals surface area (Å²) in [5.41, 5.74) is 8.22. The third kappa shape index (κ3) is 3.24. The SMILES string of the molecule is CN1CNc2cccc(SCC3(SCCN)C=CC=CN3)c21. The average molecular weight is 335 g/mol. The second kappa shape index (κ2) is 6.89. The highest BCUT2D eigenvalue weighted by atomic mass is 32.2. The summed E-state index contributed by atoms with van der Waals surface area (Å²) in [5.74, 6) is 1.91. The Morgan fingerprint density at radius 1 is 1.36 bits per heavy atom. The van der Waals surface area contributed by atoms with Gasteiger partial charge in [-0.05, 0) is 30.5 Å². The van der Waals surface area contributed by atoms with Crippen molar-refractivity contribution in [2.45, 2.75) is 9.77 Å². The van der Waals surface area contributed by atoms with Crippen molar-refractivity contribution < 1.29 is 0 Å². The minimum atomic E-state index is -0.0773. The van der Waals surface area contributed by atoms with Crippen LogP contribution in [0.3, 0.4) is 0 Å². The van der Waals surface area contributed by atoms with Gasteiger partial charge < -0.3 is 21.3 Å². The summed E-state index contributed by atoms with van der Waals surface area (Å²) in [5, 5.41) is 6.93. The van der Waals surface area contributed by atoms with Gasteiger partial charge in [0.05, 0.1) is 18.0 Å². The minimum Gasteiger partial charge on any atom is -0.373 e. The molecular weight excluding hydrogens is 312 g/mol. The number of nitrogens with two attached hydrogens (primary N) is 1. The number of hydrogen-bond donors (Lipinski definition) is 3. The van der Waals surface area contributed by atoms with Gasteiger partial charge in [-0.2, -0.15) is 0 Å². The first-order valence-corrected chi connectivity index (χ1v) is 9.38. The van der Waals surface area contributed by atoms with Gasteiger partial charge >= 0.3 is 0 Å². The van der Waals surface area contributed by atoms with Crippen molar-refractivity contribution in [3.63, 3.8) is 0 Å². The summed E-state index contributed by atoms with van der Waals surface area (Å²) < 4.78 is 0. The van der Waals surface area contributed by atoms with Gasteiger partial charge in [-0.25, -0.2) is 0 Å². The van der Waals surface area contributed by atoms with Gasteiger partial charge in [0.2, 0.25) is 0 Å². The molecule has 0 radical (unpaired) electrons. The molecule has 0 aliphatic carbocycles. The van der Waals surface area contributed by atoms with Crippen LogP contribution in [0.5, 0.6) is 0 Å². The fourth-order valence-corrected chi connectivity index (χ4v) is 5.05. The molecule has 2 aliphatic heterocycles. The molecule has 1 unspecified atom stereocenters. The van der Waals surface area contributed by atoms with E-state index >= 15 is 0 Å². The van der Waals surface area contributed by atoms with E-state index in [1.807, 2.05) is 35.8 Å². The van der Waals surface area contributed by atoms with Gasteiger partial charge in [-0.1, -0.05) is 12.1 Å². The van der Waals surface area contributed by atoms with Crippen molar-refractivity contribution in [2.75, 3.05) is 42.0 Å². The number of nitrogens with one attached hydrogen (secondary N) is 2. The van der Waals surface area contributed by atoms with E-state index in [0.29, 0.717) is 6.54 Å². The van der Waals surface area contributed by atoms with Crippen LogP contribution >= 0.6 is 23.5 Å². The quantitative estimate of drug-likeness (QED) is 0.696. The molecule has 6 heteroatoms. The van der Waals surface area contributed by atoms with E-state index < -0.39 is 0 Å². The van der Waals surface area contributed by atoms with Crippen LogP contribution in [0.4, 0.5) is 11.4 Å². The van der Waals surface area contributed by atoms with Crippen LogP contribution in [0.15, 0.2) is 47.5 Å². The molecule has 0 amide bonds. The molecule has 2 aliphatic rings. The maximum atomic E-state index is 5.69. The maximum absolute atomic E-state index is 5.69. The molecular formula is C16H22N4S2. The third-order valence-electron chi connectivity index (χ3n) is 3.71. The van der Waals surface area contributed by atoms with E-state index in [4.69, 9.17) is 5.73 Å². The molecule has 1 atom stereocenters. The zero-order chi connectivity index (χ0) is 15.4. The Labute approximate surface area is 140 Å². The molecule has 0 bridgehead atoms. The van der Waals surface area contributed by atoms with Gasteiger partial charge in [0.15, 0.2) is 0 Å². The topological polar surface area (TPSA) is 53.3 Å². The summed E-state index contributed by atoms with van der Waals surface area (Å²) in [6.07, 6.45) is 8.41. The van der Waals surface area contributed by atoms with Gasteiger partial charge in [0.25, 0.3) is 0 Å². The molecule has 3 rings (SSSR count). The second-order valence-corrected chi connectivity index (χ2v) is 7.81. The van der Waals surface area contributed by atoms with Crippen LogP contribution < -0.4 is 21.3 Å². The van der Waals surface area contributed by atoms with E-state index in [2.05, 4.69) is 52.9 Å². The van der Waals surface area contributed by atoms with Crippen LogP contribution in [0.25, 0.3) is 0 Å². The van der Waals surface area contributed by atoms with E-state index in [1.165, 1.54) is 16.3 Å². The molecule has 0 fully saturated rings. The molecule has 0 aromatic heterocycles. The lowest BCUT2D eigenvalue weighted by molar-refractivity contribution is 0.708. The first kappa shape index (κ1) is 15.6. The number of nitrogens with zero attached hydrogens (tertiary/aromatic N) is 1. The predicted molar refractivity (Wildman–Crippen MR) is 99.7 cm³/mol. The first-order chi connectivity index (χ1) is 10.7. The number of allylic oxidation sites excluding steroid dienone is 2. The van der Waals surface area contributed by atoms with Crippen molar-refractivity contribution in [3.05, 3.63) is 42.6 Å². The molecule has 1 aromatic rings. The van der Waals surface area contributed by atoms with Gasteiger partial charge in [-0.15, -0.1) is 23.5 Å². The second-order valence-electron chi connectivity index (χ2n) is 5.36. The number of hydrogen-bond acceptors (Lipinski definition) is 6. The largest absolute Gasteiger partial charge is 0.373 e. The third-order valence-corrected chi connectivity index (χ3v) is 6.48. The monoisotopic (exact) mass is 334 g/mol. The Morgan fingerprint density at radius 3 is 3.05 bits per heavy atom. The van der Waals surface area contributed by atoms with Crippen LogP contribution in [0.1, 0.15) is 0 Å². The zero-order valence-corrected chi connectivity index (χ0v) is 14.3. The molecule has 118 valence electrons. The summed E-state index contributed by atoms with van der Waals surface area (Å²) >= 11 is 3.77. The Hall–Kier alpha value is -1.24. The van der Waals surface area contributed by atoms with Crippen molar-refractivity contribution in [1.82, 2.24) is 5.32 Å². The number of dihydropyridines is 1. The normalized spacial score (nSPS) is 22.4. The fraction of sp³-hybridized carbons (Fsp3) is 0.375. The average Bonchev–Trinajstić information content (AvgIpc) is 2.94. The summed E-state index contributed by atoms with van der Waals surface area (Å²) in [7, 11) is 2.13. The van der Waals surface area contributed by atoms with Crippen LogP contribution in [0.2, 0.25) is 0 Å². The highest BCUT2D eigenvalue weighted by molar-refractivity contribution is 8.04. The number of anilines is 2. The lowest BCUT2D eigenvalue weighted by Crippen LogP contribution is -2.41. The number of para-hydroxylation sites is 1. The number of thioether (sulfide) groups is 2. The molecule has 4 N–H and O–H groups in total. The van der Waals surface area contributed by atoms with E-state index in [-0.39, 0.29) is 4.87 Å². The number of rotatable bonds is 6.